The fourth-order valence-electron chi connectivity index (χ4n) is 1.55. The van der Waals surface area contributed by atoms with Crippen LogP contribution < -0.4 is 10.1 Å². The van der Waals surface area contributed by atoms with Gasteiger partial charge in [-0.15, -0.1) is 0 Å². The van der Waals surface area contributed by atoms with Gasteiger partial charge in [0, 0.05) is 25.8 Å². The minimum Gasteiger partial charge on any atom is -0.489 e. The van der Waals surface area contributed by atoms with Crippen LogP contribution in [0.25, 0.3) is 0 Å². The molecule has 5 heteroatoms. The summed E-state index contributed by atoms with van der Waals surface area (Å²) in [6.45, 7) is 5.38. The van der Waals surface area contributed by atoms with E-state index >= 15 is 0 Å². The van der Waals surface area contributed by atoms with Crippen LogP contribution >= 0.6 is 0 Å². The van der Waals surface area contributed by atoms with Crippen LogP contribution in [0, 0.1) is 11.6 Å². The molecule has 108 valence electrons. The van der Waals surface area contributed by atoms with Gasteiger partial charge in [-0.2, -0.15) is 0 Å². The number of hydrogen-bond donors (Lipinski definition) is 1. The molecule has 1 rings (SSSR count). The topological polar surface area (TPSA) is 30.5 Å². The van der Waals surface area contributed by atoms with E-state index in [0.717, 1.165) is 38.7 Å². The van der Waals surface area contributed by atoms with E-state index in [1.807, 2.05) is 6.92 Å². The molecule has 0 aromatic heterocycles. The summed E-state index contributed by atoms with van der Waals surface area (Å²) in [5.74, 6) is -1.19. The van der Waals surface area contributed by atoms with E-state index in [-0.39, 0.29) is 5.75 Å². The first-order valence-electron chi connectivity index (χ1n) is 6.60. The van der Waals surface area contributed by atoms with Gasteiger partial charge in [-0.1, -0.05) is 0 Å². The molecule has 0 radical (unpaired) electrons. The highest BCUT2D eigenvalue weighted by atomic mass is 19.1. The average Bonchev–Trinajstić information content (AvgIpc) is 2.39. The minimum atomic E-state index is -0.670. The highest BCUT2D eigenvalue weighted by Crippen LogP contribution is 2.17. The zero-order valence-corrected chi connectivity index (χ0v) is 11.3. The Balaban J connectivity index is 2.01. The molecule has 0 spiro atoms. The van der Waals surface area contributed by atoms with Crippen LogP contribution in [0.2, 0.25) is 0 Å². The van der Waals surface area contributed by atoms with Crippen LogP contribution in [0.5, 0.6) is 5.75 Å². The maximum atomic E-state index is 13.2. The quantitative estimate of drug-likeness (QED) is 0.665. The fourth-order valence-corrected chi connectivity index (χ4v) is 1.55. The van der Waals surface area contributed by atoms with Crippen molar-refractivity contribution in [1.82, 2.24) is 5.32 Å². The van der Waals surface area contributed by atoms with Gasteiger partial charge in [0.25, 0.3) is 0 Å². The minimum absolute atomic E-state index is 0.0829. The van der Waals surface area contributed by atoms with Crippen molar-refractivity contribution >= 4 is 0 Å². The molecular weight excluding hydrogens is 252 g/mol. The lowest BCUT2D eigenvalue weighted by Gasteiger charge is -2.08. The van der Waals surface area contributed by atoms with Crippen molar-refractivity contribution in [3.63, 3.8) is 0 Å². The highest BCUT2D eigenvalue weighted by Gasteiger charge is 2.03. The molecule has 19 heavy (non-hydrogen) atoms. The van der Waals surface area contributed by atoms with E-state index in [0.29, 0.717) is 13.2 Å². The van der Waals surface area contributed by atoms with Crippen LogP contribution in [0.3, 0.4) is 0 Å². The molecule has 0 aliphatic rings. The maximum absolute atomic E-state index is 13.2. The third-order valence-electron chi connectivity index (χ3n) is 2.53. The first-order valence-corrected chi connectivity index (χ1v) is 6.60. The third kappa shape index (κ3) is 7.08. The predicted molar refractivity (Wildman–Crippen MR) is 70.4 cm³/mol. The molecule has 1 aromatic rings. The van der Waals surface area contributed by atoms with Crippen molar-refractivity contribution in [3.05, 3.63) is 29.8 Å². The number of benzene rings is 1. The maximum Gasteiger partial charge on any atom is 0.167 e. The van der Waals surface area contributed by atoms with Gasteiger partial charge in [0.1, 0.15) is 12.4 Å². The number of unbranched alkanes of at least 4 members (excludes halogenated alkanes) is 1. The summed E-state index contributed by atoms with van der Waals surface area (Å²) in [7, 11) is 0. The van der Waals surface area contributed by atoms with Crippen molar-refractivity contribution in [2.24, 2.45) is 0 Å². The van der Waals surface area contributed by atoms with Gasteiger partial charge in [0.2, 0.25) is 0 Å². The lowest BCUT2D eigenvalue weighted by atomic mass is 10.3. The summed E-state index contributed by atoms with van der Waals surface area (Å²) in [6.07, 6.45) is 2.05. The van der Waals surface area contributed by atoms with Gasteiger partial charge in [-0.25, -0.2) is 8.78 Å². The van der Waals surface area contributed by atoms with Crippen molar-refractivity contribution in [2.75, 3.05) is 32.9 Å². The van der Waals surface area contributed by atoms with Gasteiger partial charge in [0.15, 0.2) is 11.6 Å². The summed E-state index contributed by atoms with van der Waals surface area (Å²) in [5, 5.41) is 3.19. The number of rotatable bonds is 10. The zero-order chi connectivity index (χ0) is 13.9. The van der Waals surface area contributed by atoms with Crippen molar-refractivity contribution in [1.29, 1.82) is 0 Å². The second-order valence-corrected chi connectivity index (χ2v) is 4.08. The first kappa shape index (κ1) is 15.9. The molecule has 3 nitrogen and oxygen atoms in total. The molecule has 0 saturated heterocycles. The van der Waals surface area contributed by atoms with Gasteiger partial charge in [-0.3, -0.25) is 0 Å². The predicted octanol–water partition coefficient (Wildman–Crippen LogP) is 2.75. The average molecular weight is 273 g/mol. The molecule has 0 aliphatic carbocycles. The first-order chi connectivity index (χ1) is 9.24. The number of hydrogen-bond acceptors (Lipinski definition) is 3. The Labute approximate surface area is 112 Å². The highest BCUT2D eigenvalue weighted by molar-refractivity contribution is 5.24. The Kier molecular flexibility index (Phi) is 8.09. The molecule has 0 heterocycles. The smallest absolute Gasteiger partial charge is 0.167 e. The van der Waals surface area contributed by atoms with Crippen LogP contribution in [0.4, 0.5) is 8.78 Å². The number of ether oxygens (including phenoxy) is 2. The van der Waals surface area contributed by atoms with Crippen LogP contribution in [0.1, 0.15) is 19.8 Å². The number of nitrogens with one attached hydrogen (secondary N) is 1. The third-order valence-corrected chi connectivity index (χ3v) is 2.53. The molecule has 1 N–H and O–H groups in total. The Morgan fingerprint density at radius 1 is 1.11 bits per heavy atom. The van der Waals surface area contributed by atoms with E-state index in [1.165, 1.54) is 12.1 Å². The van der Waals surface area contributed by atoms with E-state index in [1.54, 1.807) is 0 Å². The molecule has 0 fully saturated rings. The lowest BCUT2D eigenvalue weighted by molar-refractivity contribution is 0.143. The van der Waals surface area contributed by atoms with Crippen molar-refractivity contribution in [2.45, 2.75) is 19.8 Å². The standard InChI is InChI=1S/C14H21F2NO2/c1-2-18-9-4-3-7-17-8-10-19-14-6-5-12(15)11-13(14)16/h5-6,11,17H,2-4,7-10H2,1H3. The molecular formula is C14H21F2NO2. The molecule has 0 bridgehead atoms. The Morgan fingerprint density at radius 3 is 2.68 bits per heavy atom. The Morgan fingerprint density at radius 2 is 1.95 bits per heavy atom. The van der Waals surface area contributed by atoms with Gasteiger partial charge in [-0.05, 0) is 38.4 Å². The second-order valence-electron chi connectivity index (χ2n) is 4.08. The van der Waals surface area contributed by atoms with Gasteiger partial charge < -0.3 is 14.8 Å². The molecule has 0 atom stereocenters. The largest absolute Gasteiger partial charge is 0.489 e. The summed E-state index contributed by atoms with van der Waals surface area (Å²) in [4.78, 5) is 0. The van der Waals surface area contributed by atoms with Crippen LogP contribution in [-0.2, 0) is 4.74 Å². The zero-order valence-electron chi connectivity index (χ0n) is 11.3. The lowest BCUT2D eigenvalue weighted by Crippen LogP contribution is -2.22. The summed E-state index contributed by atoms with van der Waals surface area (Å²) >= 11 is 0. The fraction of sp³-hybridized carbons (Fsp3) is 0.571. The van der Waals surface area contributed by atoms with E-state index < -0.39 is 11.6 Å². The molecule has 0 saturated carbocycles. The summed E-state index contributed by atoms with van der Waals surface area (Å²) in [6, 6.07) is 3.29. The molecule has 1 aromatic carbocycles. The summed E-state index contributed by atoms with van der Waals surface area (Å²) in [5.41, 5.74) is 0. The van der Waals surface area contributed by atoms with Gasteiger partial charge in [0.05, 0.1) is 0 Å². The van der Waals surface area contributed by atoms with E-state index in [4.69, 9.17) is 9.47 Å². The molecule has 0 aliphatic heterocycles. The van der Waals surface area contributed by atoms with Crippen molar-refractivity contribution < 1.29 is 18.3 Å². The second kappa shape index (κ2) is 9.69. The number of halogens is 2. The SMILES string of the molecule is CCOCCCCNCCOc1ccc(F)cc1F. The van der Waals surface area contributed by atoms with Gasteiger partial charge >= 0.3 is 0 Å². The van der Waals surface area contributed by atoms with Crippen molar-refractivity contribution in [3.8, 4) is 5.75 Å². The monoisotopic (exact) mass is 273 g/mol. The van der Waals surface area contributed by atoms with E-state index in [9.17, 15) is 8.78 Å². The molecule has 0 amide bonds. The Bertz CT molecular complexity index is 361. The molecule has 0 unspecified atom stereocenters. The summed E-state index contributed by atoms with van der Waals surface area (Å²) < 4.78 is 36.3. The van der Waals surface area contributed by atoms with Crippen LogP contribution in [-0.4, -0.2) is 32.9 Å². The Hall–Kier alpha value is -1.20. The van der Waals surface area contributed by atoms with E-state index in [2.05, 4.69) is 5.32 Å². The normalized spacial score (nSPS) is 10.7. The van der Waals surface area contributed by atoms with Crippen LogP contribution in [0.15, 0.2) is 18.2 Å².